The molecule has 6 heterocycles. The first-order valence-electron chi connectivity index (χ1n) is 10.7. The molecule has 158 valence electrons. The Balaban J connectivity index is 1.50. The quantitative estimate of drug-likeness (QED) is 0.542. The molecule has 0 spiro atoms. The fraction of sp³-hybridized carbons (Fsp3) is 0.391. The van der Waals surface area contributed by atoms with Gasteiger partial charge in [0.2, 0.25) is 0 Å². The van der Waals surface area contributed by atoms with E-state index < -0.39 is 0 Å². The van der Waals surface area contributed by atoms with E-state index in [1.807, 2.05) is 6.07 Å². The first kappa shape index (κ1) is 18.6. The first-order valence-corrected chi connectivity index (χ1v) is 10.7. The van der Waals surface area contributed by atoms with Gasteiger partial charge in [-0.25, -0.2) is 9.37 Å². The van der Waals surface area contributed by atoms with E-state index in [4.69, 9.17) is 9.84 Å². The van der Waals surface area contributed by atoms with Crippen LogP contribution in [0.25, 0.3) is 33.5 Å². The lowest BCUT2D eigenvalue weighted by atomic mass is 9.74. The molecular weight excluding hydrogens is 395 g/mol. The Hall–Kier alpha value is -3.13. The first-order chi connectivity index (χ1) is 15.1. The van der Waals surface area contributed by atoms with Crippen molar-refractivity contribution in [2.24, 2.45) is 11.3 Å². The standard InChI is InChI=1S/C23H23FN6O/c1-23(8-14-11-31-12-14)6-4-19-20(16-5-7-25-22-17(16)10-27-28-22)21(29-30(19)13-23)18-3-2-15(24)9-26-18/h2-3,5,7,9-10,14H,4,6,8,11-13H2,1H3,(H,25,27,28)/t23-/m1/s1. The molecule has 4 aromatic rings. The SMILES string of the molecule is C[C@]1(CC2COC2)CCc2c(-c3ccnc4[nH]ncc34)c(-c3ccc(F)cn3)nn2C1. The van der Waals surface area contributed by atoms with Gasteiger partial charge in [0.25, 0.3) is 0 Å². The van der Waals surface area contributed by atoms with Crippen LogP contribution in [0.5, 0.6) is 0 Å². The van der Waals surface area contributed by atoms with Gasteiger partial charge in [-0.2, -0.15) is 10.2 Å². The second-order valence-electron chi connectivity index (χ2n) is 9.10. The minimum atomic E-state index is -0.356. The third-order valence-electron chi connectivity index (χ3n) is 6.64. The number of hydrogen-bond acceptors (Lipinski definition) is 5. The molecule has 8 heteroatoms. The van der Waals surface area contributed by atoms with E-state index >= 15 is 0 Å². The lowest BCUT2D eigenvalue weighted by molar-refractivity contribution is -0.0574. The maximum atomic E-state index is 13.6. The summed E-state index contributed by atoms with van der Waals surface area (Å²) in [7, 11) is 0. The molecule has 0 radical (unpaired) electrons. The third-order valence-corrected chi connectivity index (χ3v) is 6.64. The number of halogens is 1. The van der Waals surface area contributed by atoms with Crippen LogP contribution in [0, 0.1) is 17.2 Å². The Morgan fingerprint density at radius 1 is 1.23 bits per heavy atom. The van der Waals surface area contributed by atoms with Crippen LogP contribution in [0.4, 0.5) is 4.39 Å². The number of ether oxygens (including phenoxy) is 1. The number of pyridine rings is 2. The fourth-order valence-corrected chi connectivity index (χ4v) is 5.06. The summed E-state index contributed by atoms with van der Waals surface area (Å²) in [4.78, 5) is 8.73. The highest BCUT2D eigenvalue weighted by Gasteiger charge is 2.37. The van der Waals surface area contributed by atoms with Crippen molar-refractivity contribution in [1.82, 2.24) is 29.9 Å². The highest BCUT2D eigenvalue weighted by atomic mass is 19.1. The van der Waals surface area contributed by atoms with Crippen LogP contribution in [0.1, 0.15) is 25.5 Å². The highest BCUT2D eigenvalue weighted by Crippen LogP contribution is 2.44. The van der Waals surface area contributed by atoms with Gasteiger partial charge in [-0.1, -0.05) is 6.92 Å². The van der Waals surface area contributed by atoms with Crippen molar-refractivity contribution < 1.29 is 9.13 Å². The molecule has 0 unspecified atom stereocenters. The van der Waals surface area contributed by atoms with Crippen LogP contribution in [0.2, 0.25) is 0 Å². The van der Waals surface area contributed by atoms with E-state index in [1.165, 1.54) is 18.0 Å². The van der Waals surface area contributed by atoms with E-state index in [0.717, 1.165) is 66.9 Å². The maximum Gasteiger partial charge on any atom is 0.155 e. The van der Waals surface area contributed by atoms with Crippen molar-refractivity contribution in [3.8, 4) is 22.5 Å². The van der Waals surface area contributed by atoms with Crippen molar-refractivity contribution in [3.63, 3.8) is 0 Å². The molecule has 2 aliphatic rings. The van der Waals surface area contributed by atoms with E-state index in [2.05, 4.69) is 31.8 Å². The summed E-state index contributed by atoms with van der Waals surface area (Å²) in [5, 5.41) is 13.1. The van der Waals surface area contributed by atoms with Crippen LogP contribution in [-0.2, 0) is 17.7 Å². The third kappa shape index (κ3) is 3.13. The van der Waals surface area contributed by atoms with E-state index in [0.29, 0.717) is 11.6 Å². The summed E-state index contributed by atoms with van der Waals surface area (Å²) in [6.45, 7) is 4.94. The largest absolute Gasteiger partial charge is 0.381 e. The summed E-state index contributed by atoms with van der Waals surface area (Å²) >= 11 is 0. The summed E-state index contributed by atoms with van der Waals surface area (Å²) in [6, 6.07) is 5.14. The molecule has 1 saturated heterocycles. The molecule has 31 heavy (non-hydrogen) atoms. The van der Waals surface area contributed by atoms with Gasteiger partial charge in [-0.3, -0.25) is 14.8 Å². The number of aromatic amines is 1. The smallest absolute Gasteiger partial charge is 0.155 e. The van der Waals surface area contributed by atoms with Gasteiger partial charge in [0.05, 0.1) is 31.3 Å². The van der Waals surface area contributed by atoms with Crippen LogP contribution in [-0.4, -0.2) is 43.2 Å². The average Bonchev–Trinajstić information content (AvgIpc) is 3.35. The van der Waals surface area contributed by atoms with Crippen LogP contribution < -0.4 is 0 Å². The van der Waals surface area contributed by atoms with Gasteiger partial charge >= 0.3 is 0 Å². The number of fused-ring (bicyclic) bond motifs is 2. The molecule has 6 rings (SSSR count). The average molecular weight is 418 g/mol. The van der Waals surface area contributed by atoms with Gasteiger partial charge < -0.3 is 4.74 Å². The maximum absolute atomic E-state index is 13.6. The molecule has 0 aliphatic carbocycles. The molecule has 1 atom stereocenters. The molecule has 0 saturated carbocycles. The lowest BCUT2D eigenvalue weighted by Gasteiger charge is -2.39. The molecule has 1 fully saturated rings. The molecule has 0 bridgehead atoms. The minimum absolute atomic E-state index is 0.182. The fourth-order valence-electron chi connectivity index (χ4n) is 5.06. The van der Waals surface area contributed by atoms with Crippen LogP contribution in [0.15, 0.2) is 36.8 Å². The van der Waals surface area contributed by atoms with Gasteiger partial charge in [0.15, 0.2) is 5.65 Å². The van der Waals surface area contributed by atoms with Gasteiger partial charge in [-0.05, 0) is 48.4 Å². The topological polar surface area (TPSA) is 81.5 Å². The molecule has 0 aromatic carbocycles. The highest BCUT2D eigenvalue weighted by molar-refractivity contribution is 5.97. The number of nitrogens with one attached hydrogen (secondary N) is 1. The lowest BCUT2D eigenvalue weighted by Crippen LogP contribution is -2.38. The van der Waals surface area contributed by atoms with E-state index in [9.17, 15) is 4.39 Å². The monoisotopic (exact) mass is 418 g/mol. The second kappa shape index (κ2) is 6.95. The Kier molecular flexibility index (Phi) is 4.17. The molecular formula is C23H23FN6O. The minimum Gasteiger partial charge on any atom is -0.381 e. The number of rotatable bonds is 4. The molecule has 4 aromatic heterocycles. The number of aromatic nitrogens is 6. The Labute approximate surface area is 178 Å². The molecule has 1 N–H and O–H groups in total. The van der Waals surface area contributed by atoms with Crippen LogP contribution in [0.3, 0.4) is 0 Å². The summed E-state index contributed by atoms with van der Waals surface area (Å²) < 4.78 is 21.1. The normalized spacial score (nSPS) is 21.2. The number of H-pyrrole nitrogens is 1. The Morgan fingerprint density at radius 3 is 2.90 bits per heavy atom. The zero-order chi connectivity index (χ0) is 21.0. The molecule has 2 aliphatic heterocycles. The number of hydrogen-bond donors (Lipinski definition) is 1. The van der Waals surface area contributed by atoms with Gasteiger partial charge in [0.1, 0.15) is 11.5 Å². The molecule has 0 amide bonds. The zero-order valence-electron chi connectivity index (χ0n) is 17.3. The number of nitrogens with zero attached hydrogens (tertiary/aromatic N) is 5. The van der Waals surface area contributed by atoms with Crippen molar-refractivity contribution in [3.05, 3.63) is 48.3 Å². The second-order valence-corrected chi connectivity index (χ2v) is 9.10. The zero-order valence-corrected chi connectivity index (χ0v) is 17.3. The summed E-state index contributed by atoms with van der Waals surface area (Å²) in [5.74, 6) is 0.288. The predicted octanol–water partition coefficient (Wildman–Crippen LogP) is 4.01. The predicted molar refractivity (Wildman–Crippen MR) is 114 cm³/mol. The van der Waals surface area contributed by atoms with E-state index in [1.54, 1.807) is 18.5 Å². The van der Waals surface area contributed by atoms with Crippen molar-refractivity contribution >= 4 is 11.0 Å². The summed E-state index contributed by atoms with van der Waals surface area (Å²) in [5.41, 5.74) is 5.62. The van der Waals surface area contributed by atoms with Gasteiger partial charge in [0, 0.05) is 35.3 Å². The molecule has 7 nitrogen and oxygen atoms in total. The summed E-state index contributed by atoms with van der Waals surface area (Å²) in [6.07, 6.45) is 8.00. The van der Waals surface area contributed by atoms with Crippen LogP contribution >= 0.6 is 0 Å². The van der Waals surface area contributed by atoms with Crippen molar-refractivity contribution in [1.29, 1.82) is 0 Å². The Morgan fingerprint density at radius 2 is 2.13 bits per heavy atom. The van der Waals surface area contributed by atoms with Gasteiger partial charge in [-0.15, -0.1) is 0 Å². The van der Waals surface area contributed by atoms with E-state index in [-0.39, 0.29) is 11.2 Å². The van der Waals surface area contributed by atoms with Crippen molar-refractivity contribution in [2.45, 2.75) is 32.7 Å². The Bertz CT molecular complexity index is 1260. The van der Waals surface area contributed by atoms with Crippen molar-refractivity contribution in [2.75, 3.05) is 13.2 Å².